The molecule has 1 aromatic heterocycles. The van der Waals surface area contributed by atoms with Crippen molar-refractivity contribution < 1.29 is 4.74 Å². The highest BCUT2D eigenvalue weighted by molar-refractivity contribution is 14.1. The van der Waals surface area contributed by atoms with Crippen LogP contribution in [0.25, 0.3) is 0 Å². The van der Waals surface area contributed by atoms with Gasteiger partial charge in [0.15, 0.2) is 5.75 Å². The Labute approximate surface area is 143 Å². The lowest BCUT2D eigenvalue weighted by Crippen LogP contribution is -2.15. The summed E-state index contributed by atoms with van der Waals surface area (Å²) in [5.41, 5.74) is 3.61. The maximum absolute atomic E-state index is 12.0. The van der Waals surface area contributed by atoms with Crippen LogP contribution >= 0.6 is 22.6 Å². The Balaban J connectivity index is 2.52. The lowest BCUT2D eigenvalue weighted by molar-refractivity contribution is 0.469. The van der Waals surface area contributed by atoms with Crippen LogP contribution in [-0.2, 0) is 12.8 Å². The number of benzene rings is 1. The molecule has 0 aliphatic carbocycles. The molecule has 0 aliphatic rings. The Morgan fingerprint density at radius 2 is 2.05 bits per heavy atom. The molecule has 0 fully saturated rings. The quantitative estimate of drug-likeness (QED) is 0.778. The van der Waals surface area contributed by atoms with E-state index in [-0.39, 0.29) is 5.56 Å². The van der Waals surface area contributed by atoms with E-state index in [0.717, 1.165) is 28.8 Å². The monoisotopic (exact) mass is 408 g/mol. The molecule has 2 aromatic rings. The minimum absolute atomic E-state index is 0.143. The second-order valence-electron chi connectivity index (χ2n) is 5.15. The van der Waals surface area contributed by atoms with Crippen LogP contribution in [0.5, 0.6) is 11.5 Å². The number of rotatable bonds is 4. The minimum Gasteiger partial charge on any atom is -0.456 e. The van der Waals surface area contributed by atoms with E-state index in [1.807, 2.05) is 61.6 Å². The highest BCUT2D eigenvalue weighted by atomic mass is 127. The highest BCUT2D eigenvalue weighted by Gasteiger charge is 2.15. The Morgan fingerprint density at radius 3 is 2.68 bits per heavy atom. The lowest BCUT2D eigenvalue weighted by Gasteiger charge is -2.15. The number of pyridine rings is 1. The van der Waals surface area contributed by atoms with Crippen molar-refractivity contribution in [1.29, 1.82) is 5.26 Å². The van der Waals surface area contributed by atoms with Gasteiger partial charge in [-0.15, -0.1) is 0 Å². The summed E-state index contributed by atoms with van der Waals surface area (Å²) in [6.45, 7) is 5.87. The normalized spacial score (nSPS) is 10.3. The van der Waals surface area contributed by atoms with E-state index >= 15 is 0 Å². The summed E-state index contributed by atoms with van der Waals surface area (Å²) < 4.78 is 6.57. The average Bonchev–Trinajstić information content (AvgIpc) is 2.44. The fourth-order valence-corrected chi connectivity index (χ4v) is 3.00. The third-order valence-electron chi connectivity index (χ3n) is 3.39. The van der Waals surface area contributed by atoms with Crippen LogP contribution in [0.2, 0.25) is 0 Å². The zero-order valence-corrected chi connectivity index (χ0v) is 14.9. The van der Waals surface area contributed by atoms with Crippen LogP contribution in [0.15, 0.2) is 23.0 Å². The molecule has 0 saturated carbocycles. The van der Waals surface area contributed by atoms with Crippen LogP contribution in [0.3, 0.4) is 0 Å². The van der Waals surface area contributed by atoms with E-state index < -0.39 is 0 Å². The van der Waals surface area contributed by atoms with Gasteiger partial charge in [0.2, 0.25) is 0 Å². The largest absolute Gasteiger partial charge is 0.456 e. The van der Waals surface area contributed by atoms with Crippen molar-refractivity contribution in [2.24, 2.45) is 0 Å². The first-order valence-corrected chi connectivity index (χ1v) is 8.10. The molecular formula is C17H17IN2O2. The number of nitriles is 1. The lowest BCUT2D eigenvalue weighted by atomic mass is 10.1. The first-order valence-electron chi connectivity index (χ1n) is 7.02. The Bertz CT molecular complexity index is 804. The van der Waals surface area contributed by atoms with Crippen molar-refractivity contribution in [3.05, 3.63) is 54.5 Å². The first-order chi connectivity index (χ1) is 10.5. The molecule has 0 unspecified atom stereocenters. The molecule has 0 spiro atoms. The van der Waals surface area contributed by atoms with Gasteiger partial charge in [-0.05, 0) is 66.1 Å². The maximum atomic E-state index is 12.0. The van der Waals surface area contributed by atoms with Gasteiger partial charge in [0.05, 0.1) is 12.5 Å². The minimum atomic E-state index is -0.143. The molecule has 2 rings (SSSR count). The number of aryl methyl sites for hydroxylation is 2. The number of halogens is 1. The molecule has 0 aliphatic heterocycles. The van der Waals surface area contributed by atoms with Gasteiger partial charge in [0.1, 0.15) is 9.32 Å². The van der Waals surface area contributed by atoms with Crippen molar-refractivity contribution >= 4 is 22.6 Å². The zero-order chi connectivity index (χ0) is 16.3. The molecule has 5 heteroatoms. The Morgan fingerprint density at radius 1 is 1.32 bits per heavy atom. The van der Waals surface area contributed by atoms with E-state index in [9.17, 15) is 4.79 Å². The second kappa shape index (κ2) is 6.97. The van der Waals surface area contributed by atoms with Crippen LogP contribution in [0.1, 0.15) is 29.3 Å². The summed E-state index contributed by atoms with van der Waals surface area (Å²) in [5.74, 6) is 1.26. The first kappa shape index (κ1) is 16.6. The molecule has 0 bridgehead atoms. The molecular weight excluding hydrogens is 391 g/mol. The molecule has 0 radical (unpaired) electrons. The SMILES string of the molecule is CCc1c(C)[nH]c(=O)c(I)c1Oc1cc(C)cc(CC#N)c1. The van der Waals surface area contributed by atoms with Crippen LogP contribution < -0.4 is 10.3 Å². The van der Waals surface area contributed by atoms with E-state index in [2.05, 4.69) is 11.1 Å². The molecule has 0 saturated heterocycles. The van der Waals surface area contributed by atoms with Crippen LogP contribution in [-0.4, -0.2) is 4.98 Å². The van der Waals surface area contributed by atoms with E-state index in [1.165, 1.54) is 0 Å². The van der Waals surface area contributed by atoms with E-state index in [0.29, 0.717) is 21.5 Å². The maximum Gasteiger partial charge on any atom is 0.265 e. The fourth-order valence-electron chi connectivity index (χ4n) is 2.43. The number of nitrogens with zero attached hydrogens (tertiary/aromatic N) is 1. The number of aromatic amines is 1. The third kappa shape index (κ3) is 3.50. The van der Waals surface area contributed by atoms with Gasteiger partial charge < -0.3 is 9.72 Å². The zero-order valence-electron chi connectivity index (χ0n) is 12.8. The van der Waals surface area contributed by atoms with Crippen LogP contribution in [0, 0.1) is 28.7 Å². The van der Waals surface area contributed by atoms with Gasteiger partial charge in [-0.1, -0.05) is 13.0 Å². The van der Waals surface area contributed by atoms with Gasteiger partial charge in [-0.25, -0.2) is 0 Å². The third-order valence-corrected chi connectivity index (χ3v) is 4.37. The average molecular weight is 408 g/mol. The topological polar surface area (TPSA) is 65.9 Å². The summed E-state index contributed by atoms with van der Waals surface area (Å²) in [6, 6.07) is 7.86. The number of hydrogen-bond acceptors (Lipinski definition) is 3. The van der Waals surface area contributed by atoms with Crippen molar-refractivity contribution in [2.75, 3.05) is 0 Å². The number of nitrogens with one attached hydrogen (secondary N) is 1. The smallest absolute Gasteiger partial charge is 0.265 e. The van der Waals surface area contributed by atoms with Crippen molar-refractivity contribution in [3.63, 3.8) is 0 Å². The number of hydrogen-bond donors (Lipinski definition) is 1. The van der Waals surface area contributed by atoms with Crippen molar-refractivity contribution in [3.8, 4) is 17.6 Å². The van der Waals surface area contributed by atoms with Crippen molar-refractivity contribution in [1.82, 2.24) is 4.98 Å². The Kier molecular flexibility index (Phi) is 5.24. The predicted octanol–water partition coefficient (Wildman–Crippen LogP) is 4.02. The molecule has 1 N–H and O–H groups in total. The second-order valence-corrected chi connectivity index (χ2v) is 6.22. The van der Waals surface area contributed by atoms with Crippen molar-refractivity contribution in [2.45, 2.75) is 33.6 Å². The summed E-state index contributed by atoms with van der Waals surface area (Å²) in [4.78, 5) is 14.8. The summed E-state index contributed by atoms with van der Waals surface area (Å²) in [5, 5.41) is 8.85. The van der Waals surface area contributed by atoms with Gasteiger partial charge >= 0.3 is 0 Å². The predicted molar refractivity (Wildman–Crippen MR) is 94.5 cm³/mol. The Hall–Kier alpha value is -1.81. The number of ether oxygens (including phenoxy) is 1. The highest BCUT2D eigenvalue weighted by Crippen LogP contribution is 2.31. The number of aromatic nitrogens is 1. The number of H-pyrrole nitrogens is 1. The van der Waals surface area contributed by atoms with Gasteiger partial charge in [-0.2, -0.15) is 5.26 Å². The van der Waals surface area contributed by atoms with Gasteiger partial charge in [0.25, 0.3) is 5.56 Å². The summed E-state index contributed by atoms with van der Waals surface area (Å²) in [7, 11) is 0. The van der Waals surface area contributed by atoms with E-state index in [4.69, 9.17) is 10.00 Å². The van der Waals surface area contributed by atoms with Gasteiger partial charge in [-0.3, -0.25) is 4.79 Å². The molecule has 1 aromatic carbocycles. The van der Waals surface area contributed by atoms with Crippen LogP contribution in [0.4, 0.5) is 0 Å². The standard InChI is InChI=1S/C17H17IN2O2/c1-4-14-11(3)20-17(21)15(18)16(14)22-13-8-10(2)7-12(9-13)5-6-19/h7-9H,4-5H2,1-3H3,(H,20,21). The summed E-state index contributed by atoms with van der Waals surface area (Å²) >= 11 is 2.01. The fraction of sp³-hybridized carbons (Fsp3) is 0.294. The van der Waals surface area contributed by atoms with Gasteiger partial charge in [0, 0.05) is 11.3 Å². The molecule has 0 amide bonds. The molecule has 22 heavy (non-hydrogen) atoms. The van der Waals surface area contributed by atoms with E-state index in [1.54, 1.807) is 0 Å². The molecule has 4 nitrogen and oxygen atoms in total. The molecule has 0 atom stereocenters. The molecule has 114 valence electrons. The molecule has 1 heterocycles. The summed E-state index contributed by atoms with van der Waals surface area (Å²) in [6.07, 6.45) is 1.11.